The molecule has 0 radical (unpaired) electrons. The zero-order valence-electron chi connectivity index (χ0n) is 19.4. The van der Waals surface area contributed by atoms with Crippen LogP contribution in [0.5, 0.6) is 0 Å². The molecular weight excluding hydrogens is 467 g/mol. The highest BCUT2D eigenvalue weighted by Crippen LogP contribution is 2.35. The second kappa shape index (κ2) is 9.53. The number of carbonyl (C=O) groups excluding carboxylic acids is 2. The minimum absolute atomic E-state index is 0.0417. The van der Waals surface area contributed by atoms with E-state index < -0.39 is 5.92 Å². The maximum Gasteiger partial charge on any atom is 0.253 e. The molecule has 0 spiro atoms. The SMILES string of the molecule is O=CNCc1cc2cc(-c3ccc(C(=O)N4CCC(F)(F)CC4)cc3)cc(-c3ccc(F)cc3)c2[nH]1. The van der Waals surface area contributed by atoms with Crippen molar-refractivity contribution in [2.75, 3.05) is 13.1 Å². The van der Waals surface area contributed by atoms with Gasteiger partial charge in [0.25, 0.3) is 11.8 Å². The minimum atomic E-state index is -2.71. The van der Waals surface area contributed by atoms with Crippen LogP contribution in [0, 0.1) is 5.82 Å². The number of rotatable bonds is 6. The molecule has 0 unspecified atom stereocenters. The first-order valence-electron chi connectivity index (χ1n) is 11.7. The Hall–Kier alpha value is -4.07. The summed E-state index contributed by atoms with van der Waals surface area (Å²) in [6.45, 7) is 0.426. The third kappa shape index (κ3) is 4.84. The molecule has 1 aromatic heterocycles. The molecule has 1 fully saturated rings. The zero-order valence-corrected chi connectivity index (χ0v) is 19.4. The highest BCUT2D eigenvalue weighted by atomic mass is 19.3. The Morgan fingerprint density at radius 3 is 2.28 bits per heavy atom. The van der Waals surface area contributed by atoms with E-state index in [1.54, 1.807) is 24.3 Å². The van der Waals surface area contributed by atoms with Crippen LogP contribution in [0.4, 0.5) is 13.2 Å². The summed E-state index contributed by atoms with van der Waals surface area (Å²) in [5.41, 5.74) is 5.60. The van der Waals surface area contributed by atoms with E-state index in [4.69, 9.17) is 0 Å². The van der Waals surface area contributed by atoms with Gasteiger partial charge < -0.3 is 15.2 Å². The van der Waals surface area contributed by atoms with Gasteiger partial charge in [-0.2, -0.15) is 0 Å². The zero-order chi connectivity index (χ0) is 25.3. The van der Waals surface area contributed by atoms with E-state index in [0.29, 0.717) is 18.5 Å². The lowest BCUT2D eigenvalue weighted by Crippen LogP contribution is -2.42. The molecule has 8 heteroatoms. The topological polar surface area (TPSA) is 65.2 Å². The summed E-state index contributed by atoms with van der Waals surface area (Å²) in [7, 11) is 0. The van der Waals surface area contributed by atoms with Gasteiger partial charge in [-0.15, -0.1) is 0 Å². The lowest BCUT2D eigenvalue weighted by Gasteiger charge is -2.31. The average Bonchev–Trinajstić information content (AvgIpc) is 3.30. The number of nitrogens with one attached hydrogen (secondary N) is 2. The van der Waals surface area contributed by atoms with Crippen LogP contribution in [0.15, 0.2) is 66.7 Å². The van der Waals surface area contributed by atoms with E-state index in [0.717, 1.165) is 38.9 Å². The van der Waals surface area contributed by atoms with Crippen molar-refractivity contribution in [3.8, 4) is 22.3 Å². The number of carbonyl (C=O) groups is 2. The number of likely N-dealkylation sites (tertiary alicyclic amines) is 1. The summed E-state index contributed by atoms with van der Waals surface area (Å²) >= 11 is 0. The molecule has 0 bridgehead atoms. The van der Waals surface area contributed by atoms with Crippen molar-refractivity contribution >= 4 is 23.2 Å². The summed E-state index contributed by atoms with van der Waals surface area (Å²) < 4.78 is 40.5. The largest absolute Gasteiger partial charge is 0.356 e. The molecule has 5 rings (SSSR count). The summed E-state index contributed by atoms with van der Waals surface area (Å²) in [5, 5.41) is 3.57. The van der Waals surface area contributed by atoms with Crippen molar-refractivity contribution in [2.45, 2.75) is 25.3 Å². The van der Waals surface area contributed by atoms with Crippen LogP contribution in [0.3, 0.4) is 0 Å². The molecule has 0 aliphatic carbocycles. The Morgan fingerprint density at radius 1 is 0.944 bits per heavy atom. The van der Waals surface area contributed by atoms with Crippen molar-refractivity contribution in [1.82, 2.24) is 15.2 Å². The molecule has 1 aliphatic rings. The van der Waals surface area contributed by atoms with Crippen LogP contribution in [0.2, 0.25) is 0 Å². The smallest absolute Gasteiger partial charge is 0.253 e. The molecule has 2 heterocycles. The number of amides is 2. The number of nitrogens with zero attached hydrogens (tertiary/aromatic N) is 1. The quantitative estimate of drug-likeness (QED) is 0.337. The van der Waals surface area contributed by atoms with Crippen LogP contribution in [-0.2, 0) is 11.3 Å². The van der Waals surface area contributed by atoms with Crippen molar-refractivity contribution in [3.05, 3.63) is 83.8 Å². The molecular formula is C28H24F3N3O2. The maximum atomic E-state index is 13.6. The minimum Gasteiger partial charge on any atom is -0.356 e. The molecule has 2 amide bonds. The Kier molecular flexibility index (Phi) is 6.26. The summed E-state index contributed by atoms with van der Waals surface area (Å²) in [5.74, 6) is -3.29. The fraction of sp³-hybridized carbons (Fsp3) is 0.214. The molecule has 1 saturated heterocycles. The maximum absolute atomic E-state index is 13.6. The van der Waals surface area contributed by atoms with E-state index in [1.807, 2.05) is 30.3 Å². The van der Waals surface area contributed by atoms with Crippen LogP contribution in [-0.4, -0.2) is 41.2 Å². The second-order valence-corrected chi connectivity index (χ2v) is 9.01. The predicted molar refractivity (Wildman–Crippen MR) is 132 cm³/mol. The van der Waals surface area contributed by atoms with Gasteiger partial charge in [0.2, 0.25) is 6.41 Å². The van der Waals surface area contributed by atoms with Gasteiger partial charge >= 0.3 is 0 Å². The number of hydrogen-bond acceptors (Lipinski definition) is 2. The Morgan fingerprint density at radius 2 is 1.61 bits per heavy atom. The number of halogens is 3. The molecule has 0 atom stereocenters. The second-order valence-electron chi connectivity index (χ2n) is 9.01. The number of H-pyrrole nitrogens is 1. The van der Waals surface area contributed by atoms with Gasteiger partial charge in [-0.3, -0.25) is 9.59 Å². The van der Waals surface area contributed by atoms with Gasteiger partial charge in [0, 0.05) is 48.1 Å². The Labute approximate surface area is 205 Å². The van der Waals surface area contributed by atoms with Crippen LogP contribution < -0.4 is 5.32 Å². The molecule has 3 aromatic carbocycles. The summed E-state index contributed by atoms with van der Waals surface area (Å²) in [6.07, 6.45) is 0.00410. The fourth-order valence-electron chi connectivity index (χ4n) is 4.60. The number of aromatic nitrogens is 1. The van der Waals surface area contributed by atoms with Gasteiger partial charge in [0.05, 0.1) is 12.1 Å². The summed E-state index contributed by atoms with van der Waals surface area (Å²) in [6, 6.07) is 19.3. The molecule has 4 aromatic rings. The van der Waals surface area contributed by atoms with Crippen molar-refractivity contribution in [3.63, 3.8) is 0 Å². The standard InChI is InChI=1S/C28H24F3N3O2/c29-23-7-5-19(6-8-23)25-15-21(13-22-14-24(16-32-17-35)33-26(22)25)18-1-3-20(4-2-18)27(36)34-11-9-28(30,31)10-12-34/h1-8,13-15,17,33H,9-12,16H2,(H,32,35). The normalized spacial score (nSPS) is 15.1. The van der Waals surface area contributed by atoms with Crippen molar-refractivity contribution in [2.24, 2.45) is 0 Å². The number of fused-ring (bicyclic) bond motifs is 1. The van der Waals surface area contributed by atoms with Gasteiger partial charge in [-0.1, -0.05) is 24.3 Å². The van der Waals surface area contributed by atoms with E-state index in [1.165, 1.54) is 17.0 Å². The first-order valence-corrected chi connectivity index (χ1v) is 11.7. The van der Waals surface area contributed by atoms with E-state index in [2.05, 4.69) is 10.3 Å². The van der Waals surface area contributed by atoms with Gasteiger partial charge in [0.15, 0.2) is 0 Å². The number of hydrogen-bond donors (Lipinski definition) is 2. The van der Waals surface area contributed by atoms with Gasteiger partial charge in [-0.05, 0) is 59.2 Å². The third-order valence-electron chi connectivity index (χ3n) is 6.56. The highest BCUT2D eigenvalue weighted by molar-refractivity contribution is 5.99. The van der Waals surface area contributed by atoms with Gasteiger partial charge in [0.1, 0.15) is 5.82 Å². The fourth-order valence-corrected chi connectivity index (χ4v) is 4.60. The van der Waals surface area contributed by atoms with Crippen LogP contribution in [0.25, 0.3) is 33.2 Å². The Bertz CT molecular complexity index is 1400. The number of aromatic amines is 1. The number of alkyl halides is 2. The molecule has 5 nitrogen and oxygen atoms in total. The molecule has 0 saturated carbocycles. The lowest BCUT2D eigenvalue weighted by atomic mass is 9.95. The van der Waals surface area contributed by atoms with Crippen LogP contribution >= 0.6 is 0 Å². The highest BCUT2D eigenvalue weighted by Gasteiger charge is 2.35. The first-order chi connectivity index (χ1) is 17.3. The van der Waals surface area contributed by atoms with Crippen LogP contribution in [0.1, 0.15) is 28.9 Å². The molecule has 2 N–H and O–H groups in total. The monoisotopic (exact) mass is 491 g/mol. The number of benzene rings is 3. The molecule has 36 heavy (non-hydrogen) atoms. The average molecular weight is 492 g/mol. The Balaban J connectivity index is 1.48. The van der Waals surface area contributed by atoms with E-state index in [9.17, 15) is 22.8 Å². The number of piperidine rings is 1. The third-order valence-corrected chi connectivity index (χ3v) is 6.56. The lowest BCUT2D eigenvalue weighted by molar-refractivity contribution is -0.109. The first kappa shape index (κ1) is 23.7. The van der Waals surface area contributed by atoms with Gasteiger partial charge in [-0.25, -0.2) is 13.2 Å². The van der Waals surface area contributed by atoms with E-state index in [-0.39, 0.29) is 37.7 Å². The van der Waals surface area contributed by atoms with Crippen molar-refractivity contribution < 1.29 is 22.8 Å². The summed E-state index contributed by atoms with van der Waals surface area (Å²) in [4.78, 5) is 28.4. The van der Waals surface area contributed by atoms with E-state index >= 15 is 0 Å². The predicted octanol–water partition coefficient (Wildman–Crippen LogP) is 5.76. The molecule has 1 aliphatic heterocycles. The molecule has 184 valence electrons. The van der Waals surface area contributed by atoms with Crippen molar-refractivity contribution in [1.29, 1.82) is 0 Å².